The normalized spacial score (nSPS) is 25.9. The van der Waals surface area contributed by atoms with Gasteiger partial charge in [-0.15, -0.1) is 0 Å². The van der Waals surface area contributed by atoms with E-state index in [2.05, 4.69) is 30.1 Å². The number of carbonyl (C=O) groups is 2. The molecule has 1 aromatic heterocycles. The smallest absolute Gasteiger partial charge is 0.475 e. The Kier molecular flexibility index (Phi) is 6.00. The van der Waals surface area contributed by atoms with E-state index in [1.807, 2.05) is 6.92 Å². The Balaban J connectivity index is 0.000000298. The predicted molar refractivity (Wildman–Crippen MR) is 86.3 cm³/mol. The number of aryl methyl sites for hydroxylation is 2. The molecule has 146 valence electrons. The van der Waals surface area contributed by atoms with Gasteiger partial charge in [0, 0.05) is 25.6 Å². The second-order valence-corrected chi connectivity index (χ2v) is 6.91. The summed E-state index contributed by atoms with van der Waals surface area (Å²) in [6.07, 6.45) is -5.08. The molecule has 0 aromatic carbocycles. The number of hydrogen-bond donors (Lipinski definition) is 2. The van der Waals surface area contributed by atoms with Crippen molar-refractivity contribution in [1.29, 1.82) is 0 Å². The molecule has 2 fully saturated rings. The third-order valence-corrected chi connectivity index (χ3v) is 5.00. The number of likely N-dealkylation sites (tertiary alicyclic amines) is 1. The van der Waals surface area contributed by atoms with Crippen molar-refractivity contribution in [2.45, 2.75) is 33.5 Å². The Morgan fingerprint density at radius 3 is 2.50 bits per heavy atom. The molecule has 2 aliphatic heterocycles. The average Bonchev–Trinajstić information content (AvgIpc) is 3.07. The number of carbonyl (C=O) groups excluding carboxylic acids is 1. The fraction of sp³-hybridized carbons (Fsp3) is 0.647. The second kappa shape index (κ2) is 7.69. The number of hydrogen-bond acceptors (Lipinski definition) is 4. The van der Waals surface area contributed by atoms with E-state index in [-0.39, 0.29) is 11.8 Å². The van der Waals surface area contributed by atoms with E-state index in [1.165, 1.54) is 5.56 Å². The molecule has 0 spiro atoms. The zero-order valence-electron chi connectivity index (χ0n) is 14.9. The predicted octanol–water partition coefficient (Wildman–Crippen LogP) is 2.34. The van der Waals surface area contributed by atoms with Gasteiger partial charge < -0.3 is 14.8 Å². The highest BCUT2D eigenvalue weighted by Gasteiger charge is 2.42. The SMILES string of the molecule is Cc1cc(CN2C[C@@H]3CNC(=O)[C@@H](C)[C@@H]3C2)oc1C.O=C(O)C(F)(F)F. The lowest BCUT2D eigenvalue weighted by atomic mass is 9.81. The van der Waals surface area contributed by atoms with E-state index in [1.54, 1.807) is 0 Å². The number of carboxylic acids is 1. The lowest BCUT2D eigenvalue weighted by Crippen LogP contribution is -2.46. The average molecular weight is 376 g/mol. The largest absolute Gasteiger partial charge is 0.490 e. The highest BCUT2D eigenvalue weighted by molar-refractivity contribution is 5.79. The Hall–Kier alpha value is -2.03. The molecular formula is C17H23F3N2O4. The highest BCUT2D eigenvalue weighted by Crippen LogP contribution is 2.33. The van der Waals surface area contributed by atoms with Crippen LogP contribution in [0.1, 0.15) is 24.0 Å². The first-order valence-corrected chi connectivity index (χ1v) is 8.35. The number of piperidine rings is 1. The van der Waals surface area contributed by atoms with Crippen LogP contribution in [0.5, 0.6) is 0 Å². The second-order valence-electron chi connectivity index (χ2n) is 6.91. The Labute approximate surface area is 149 Å². The van der Waals surface area contributed by atoms with Crippen LogP contribution in [0.15, 0.2) is 10.5 Å². The fourth-order valence-corrected chi connectivity index (χ4v) is 3.44. The maximum absolute atomic E-state index is 11.7. The van der Waals surface area contributed by atoms with Gasteiger partial charge in [0.2, 0.25) is 5.91 Å². The summed E-state index contributed by atoms with van der Waals surface area (Å²) in [4.78, 5) is 23.0. The number of aliphatic carboxylic acids is 1. The summed E-state index contributed by atoms with van der Waals surface area (Å²) >= 11 is 0. The number of amides is 1. The number of nitrogens with one attached hydrogen (secondary N) is 1. The molecule has 6 nitrogen and oxygen atoms in total. The molecule has 2 aliphatic rings. The van der Waals surface area contributed by atoms with Crippen molar-refractivity contribution in [1.82, 2.24) is 10.2 Å². The van der Waals surface area contributed by atoms with Crippen LogP contribution in [0.25, 0.3) is 0 Å². The molecule has 3 heterocycles. The molecule has 1 amide bonds. The van der Waals surface area contributed by atoms with Gasteiger partial charge in [0.1, 0.15) is 11.5 Å². The van der Waals surface area contributed by atoms with Crippen molar-refractivity contribution in [2.24, 2.45) is 17.8 Å². The van der Waals surface area contributed by atoms with Crippen LogP contribution in [0.3, 0.4) is 0 Å². The van der Waals surface area contributed by atoms with E-state index < -0.39 is 12.1 Å². The minimum Gasteiger partial charge on any atom is -0.475 e. The summed E-state index contributed by atoms with van der Waals surface area (Å²) in [7, 11) is 0. The molecule has 3 rings (SSSR count). The Bertz CT molecular complexity index is 652. The molecule has 9 heteroatoms. The number of rotatable bonds is 2. The fourth-order valence-electron chi connectivity index (χ4n) is 3.44. The lowest BCUT2D eigenvalue weighted by Gasteiger charge is -2.30. The molecule has 2 N–H and O–H groups in total. The minimum absolute atomic E-state index is 0.142. The monoisotopic (exact) mass is 376 g/mol. The van der Waals surface area contributed by atoms with Crippen LogP contribution in [-0.4, -0.2) is 47.7 Å². The van der Waals surface area contributed by atoms with Crippen molar-refractivity contribution in [3.8, 4) is 0 Å². The molecule has 2 saturated heterocycles. The van der Waals surface area contributed by atoms with Crippen LogP contribution >= 0.6 is 0 Å². The third-order valence-electron chi connectivity index (χ3n) is 5.00. The van der Waals surface area contributed by atoms with Gasteiger partial charge in [0.25, 0.3) is 0 Å². The quantitative estimate of drug-likeness (QED) is 0.828. The van der Waals surface area contributed by atoms with E-state index in [0.717, 1.165) is 37.7 Å². The first-order chi connectivity index (χ1) is 12.0. The number of furan rings is 1. The molecule has 0 radical (unpaired) electrons. The Morgan fingerprint density at radius 2 is 2.00 bits per heavy atom. The number of halogens is 3. The van der Waals surface area contributed by atoms with Crippen LogP contribution in [0.2, 0.25) is 0 Å². The van der Waals surface area contributed by atoms with Gasteiger partial charge in [-0.3, -0.25) is 9.69 Å². The first-order valence-electron chi connectivity index (χ1n) is 8.35. The molecule has 1 aromatic rings. The summed E-state index contributed by atoms with van der Waals surface area (Å²) < 4.78 is 37.5. The highest BCUT2D eigenvalue weighted by atomic mass is 19.4. The van der Waals surface area contributed by atoms with Crippen molar-refractivity contribution in [3.05, 3.63) is 23.2 Å². The van der Waals surface area contributed by atoms with Crippen LogP contribution in [0.4, 0.5) is 13.2 Å². The van der Waals surface area contributed by atoms with Gasteiger partial charge in [-0.1, -0.05) is 6.92 Å². The molecule has 3 atom stereocenters. The lowest BCUT2D eigenvalue weighted by molar-refractivity contribution is -0.192. The van der Waals surface area contributed by atoms with Crippen LogP contribution in [-0.2, 0) is 16.1 Å². The summed E-state index contributed by atoms with van der Waals surface area (Å²) in [5.41, 5.74) is 1.22. The van der Waals surface area contributed by atoms with Crippen molar-refractivity contribution >= 4 is 11.9 Å². The van der Waals surface area contributed by atoms with Crippen molar-refractivity contribution in [2.75, 3.05) is 19.6 Å². The number of nitrogens with zero attached hydrogens (tertiary/aromatic N) is 1. The zero-order valence-corrected chi connectivity index (χ0v) is 14.9. The molecule has 0 saturated carbocycles. The van der Waals surface area contributed by atoms with Gasteiger partial charge in [-0.25, -0.2) is 4.79 Å². The Morgan fingerprint density at radius 1 is 1.38 bits per heavy atom. The van der Waals surface area contributed by atoms with Gasteiger partial charge in [-0.2, -0.15) is 13.2 Å². The molecule has 0 bridgehead atoms. The van der Waals surface area contributed by atoms with E-state index in [9.17, 15) is 18.0 Å². The van der Waals surface area contributed by atoms with E-state index in [0.29, 0.717) is 11.8 Å². The first kappa shape index (κ1) is 20.3. The van der Waals surface area contributed by atoms with E-state index >= 15 is 0 Å². The maximum Gasteiger partial charge on any atom is 0.490 e. The van der Waals surface area contributed by atoms with E-state index in [4.69, 9.17) is 14.3 Å². The number of fused-ring (bicyclic) bond motifs is 1. The number of carboxylic acid groups (broad SMARTS) is 1. The summed E-state index contributed by atoms with van der Waals surface area (Å²) in [6.45, 7) is 9.91. The standard InChI is InChI=1S/C15H22N2O2.C2HF3O2/c1-9-4-13(19-11(9)3)7-17-6-12-5-16-15(18)10(2)14(12)8-17;3-2(4,5)1(6)7/h4,10,12,14H,5-8H2,1-3H3,(H,16,18);(H,6,7)/t10-,12-,14-;/m0./s1. The maximum atomic E-state index is 11.7. The van der Waals surface area contributed by atoms with Gasteiger partial charge in [-0.05, 0) is 37.3 Å². The van der Waals surface area contributed by atoms with Gasteiger partial charge in [0.15, 0.2) is 0 Å². The zero-order chi connectivity index (χ0) is 19.6. The molecule has 0 unspecified atom stereocenters. The number of alkyl halides is 3. The van der Waals surface area contributed by atoms with Gasteiger partial charge in [0.05, 0.1) is 6.54 Å². The van der Waals surface area contributed by atoms with Crippen molar-refractivity contribution < 1.29 is 32.3 Å². The third kappa shape index (κ3) is 4.78. The van der Waals surface area contributed by atoms with Crippen molar-refractivity contribution in [3.63, 3.8) is 0 Å². The molecule has 0 aliphatic carbocycles. The minimum atomic E-state index is -5.08. The summed E-state index contributed by atoms with van der Waals surface area (Å²) in [5.74, 6) is 0.761. The van der Waals surface area contributed by atoms with Crippen LogP contribution in [0, 0.1) is 31.6 Å². The summed E-state index contributed by atoms with van der Waals surface area (Å²) in [5, 5.41) is 10.1. The molecule has 26 heavy (non-hydrogen) atoms. The molecular weight excluding hydrogens is 353 g/mol. The van der Waals surface area contributed by atoms with Gasteiger partial charge >= 0.3 is 12.1 Å². The topological polar surface area (TPSA) is 82.8 Å². The van der Waals surface area contributed by atoms with Crippen LogP contribution < -0.4 is 5.32 Å². The summed E-state index contributed by atoms with van der Waals surface area (Å²) in [6, 6.07) is 2.13.